The fourth-order valence-electron chi connectivity index (χ4n) is 3.22. The molecule has 0 aliphatic heterocycles. The van der Waals surface area contributed by atoms with E-state index in [-0.39, 0.29) is 25.0 Å². The molecule has 5 nitrogen and oxygen atoms in total. The average Bonchev–Trinajstić information content (AvgIpc) is 2.71. The topological polar surface area (TPSA) is 58.6 Å². The number of rotatable bonds is 9. The standard InChI is InChI=1S/C23H28Cl2N2O3/c1-5-20(23(29)26-6-2)27(13-17-7-9-18(24)10-8-17)21(28)14-30-19-11-15(3)22(25)16(4)12-19/h7-12,20H,5-6,13-14H2,1-4H3,(H,26,29). The van der Waals surface area contributed by atoms with Gasteiger partial charge in [0.05, 0.1) is 0 Å². The molecule has 0 heterocycles. The maximum absolute atomic E-state index is 13.1. The predicted octanol–water partition coefficient (Wildman–Crippen LogP) is 4.93. The number of hydrogen-bond acceptors (Lipinski definition) is 3. The molecule has 7 heteroatoms. The number of benzene rings is 2. The van der Waals surface area contributed by atoms with E-state index in [1.807, 2.05) is 39.8 Å². The van der Waals surface area contributed by atoms with E-state index in [4.69, 9.17) is 27.9 Å². The Balaban J connectivity index is 2.22. The number of ether oxygens (including phenoxy) is 1. The highest BCUT2D eigenvalue weighted by Gasteiger charge is 2.28. The van der Waals surface area contributed by atoms with Crippen molar-refractivity contribution in [3.63, 3.8) is 0 Å². The van der Waals surface area contributed by atoms with E-state index in [1.54, 1.807) is 29.2 Å². The van der Waals surface area contributed by atoms with Crippen molar-refractivity contribution in [3.05, 3.63) is 63.1 Å². The molecule has 0 saturated heterocycles. The first-order chi connectivity index (χ1) is 14.3. The Bertz CT molecular complexity index is 862. The highest BCUT2D eigenvalue weighted by Crippen LogP contribution is 2.26. The van der Waals surface area contributed by atoms with E-state index >= 15 is 0 Å². The molecule has 0 radical (unpaired) electrons. The summed E-state index contributed by atoms with van der Waals surface area (Å²) in [4.78, 5) is 27.2. The summed E-state index contributed by atoms with van der Waals surface area (Å²) < 4.78 is 5.75. The lowest BCUT2D eigenvalue weighted by Gasteiger charge is -2.30. The Morgan fingerprint density at radius 1 is 1.07 bits per heavy atom. The zero-order valence-electron chi connectivity index (χ0n) is 17.8. The largest absolute Gasteiger partial charge is 0.484 e. The van der Waals surface area contributed by atoms with Crippen LogP contribution in [-0.4, -0.2) is 35.9 Å². The number of nitrogens with one attached hydrogen (secondary N) is 1. The molecule has 1 unspecified atom stereocenters. The van der Waals surface area contributed by atoms with E-state index in [2.05, 4.69) is 5.32 Å². The van der Waals surface area contributed by atoms with Crippen molar-refractivity contribution in [3.8, 4) is 5.75 Å². The summed E-state index contributed by atoms with van der Waals surface area (Å²) in [5, 5.41) is 4.11. The Morgan fingerprint density at radius 3 is 2.20 bits per heavy atom. The average molecular weight is 451 g/mol. The van der Waals surface area contributed by atoms with Gasteiger partial charge in [0, 0.05) is 23.1 Å². The first kappa shape index (κ1) is 24.0. The molecule has 0 bridgehead atoms. The second-order valence-corrected chi connectivity index (χ2v) is 7.94. The van der Waals surface area contributed by atoms with Gasteiger partial charge in [-0.1, -0.05) is 42.3 Å². The summed E-state index contributed by atoms with van der Waals surface area (Å²) in [6.07, 6.45) is 0.490. The molecule has 2 amide bonds. The van der Waals surface area contributed by atoms with Crippen molar-refractivity contribution < 1.29 is 14.3 Å². The van der Waals surface area contributed by atoms with Crippen LogP contribution >= 0.6 is 23.2 Å². The molecule has 0 fully saturated rings. The Kier molecular flexibility index (Phi) is 9.00. The lowest BCUT2D eigenvalue weighted by atomic mass is 10.1. The SMILES string of the molecule is CCNC(=O)C(CC)N(Cc1ccc(Cl)cc1)C(=O)COc1cc(C)c(Cl)c(C)c1. The molecular weight excluding hydrogens is 423 g/mol. The fraction of sp³-hybridized carbons (Fsp3) is 0.391. The Labute approximate surface area is 188 Å². The van der Waals surface area contributed by atoms with E-state index in [0.29, 0.717) is 28.8 Å². The molecule has 2 rings (SSSR count). The Morgan fingerprint density at radius 2 is 1.67 bits per heavy atom. The normalized spacial score (nSPS) is 11.7. The summed E-state index contributed by atoms with van der Waals surface area (Å²) in [6, 6.07) is 10.2. The van der Waals surface area contributed by atoms with Crippen LogP contribution in [0.2, 0.25) is 10.0 Å². The molecule has 2 aromatic rings. The van der Waals surface area contributed by atoms with Gasteiger partial charge in [0.2, 0.25) is 5.91 Å². The number of hydrogen-bond donors (Lipinski definition) is 1. The number of nitrogens with zero attached hydrogens (tertiary/aromatic N) is 1. The lowest BCUT2D eigenvalue weighted by Crippen LogP contribution is -2.50. The van der Waals surface area contributed by atoms with Gasteiger partial charge in [-0.15, -0.1) is 0 Å². The minimum atomic E-state index is -0.592. The Hall–Kier alpha value is -2.24. The second kappa shape index (κ2) is 11.2. The third-order valence-electron chi connectivity index (χ3n) is 4.78. The molecule has 0 saturated carbocycles. The minimum absolute atomic E-state index is 0.177. The molecule has 0 spiro atoms. The monoisotopic (exact) mass is 450 g/mol. The molecular formula is C23H28Cl2N2O3. The number of halogens is 2. The number of aryl methyl sites for hydroxylation is 2. The van der Waals surface area contributed by atoms with Crippen molar-refractivity contribution in [2.75, 3.05) is 13.2 Å². The van der Waals surface area contributed by atoms with Crippen molar-refractivity contribution >= 4 is 35.0 Å². The van der Waals surface area contributed by atoms with Gasteiger partial charge in [-0.25, -0.2) is 0 Å². The highest BCUT2D eigenvalue weighted by molar-refractivity contribution is 6.32. The van der Waals surface area contributed by atoms with Crippen molar-refractivity contribution in [2.24, 2.45) is 0 Å². The first-order valence-electron chi connectivity index (χ1n) is 9.97. The predicted molar refractivity (Wildman–Crippen MR) is 121 cm³/mol. The van der Waals surface area contributed by atoms with Crippen molar-refractivity contribution in [1.29, 1.82) is 0 Å². The summed E-state index contributed by atoms with van der Waals surface area (Å²) in [5.74, 6) is 0.119. The minimum Gasteiger partial charge on any atom is -0.484 e. The molecule has 2 aromatic carbocycles. The van der Waals surface area contributed by atoms with Crippen molar-refractivity contribution in [1.82, 2.24) is 10.2 Å². The van der Waals surface area contributed by atoms with E-state index in [0.717, 1.165) is 16.7 Å². The van der Waals surface area contributed by atoms with Gasteiger partial charge in [-0.3, -0.25) is 9.59 Å². The molecule has 0 aromatic heterocycles. The number of carbonyl (C=O) groups excluding carboxylic acids is 2. The maximum atomic E-state index is 13.1. The van der Waals surface area contributed by atoms with Gasteiger partial charge in [-0.05, 0) is 68.1 Å². The zero-order chi connectivity index (χ0) is 22.3. The highest BCUT2D eigenvalue weighted by atomic mass is 35.5. The molecule has 1 N–H and O–H groups in total. The summed E-state index contributed by atoms with van der Waals surface area (Å²) in [5.41, 5.74) is 2.64. The van der Waals surface area contributed by atoms with Gasteiger partial charge < -0.3 is 15.0 Å². The summed E-state index contributed by atoms with van der Waals surface area (Å²) >= 11 is 12.2. The molecule has 1 atom stereocenters. The third kappa shape index (κ3) is 6.38. The third-order valence-corrected chi connectivity index (χ3v) is 5.62. The van der Waals surface area contributed by atoms with Crippen LogP contribution in [-0.2, 0) is 16.1 Å². The van der Waals surface area contributed by atoms with Crippen LogP contribution in [0.5, 0.6) is 5.75 Å². The number of likely N-dealkylation sites (N-methyl/N-ethyl adjacent to an activating group) is 1. The van der Waals surface area contributed by atoms with Crippen LogP contribution in [0, 0.1) is 13.8 Å². The summed E-state index contributed by atoms with van der Waals surface area (Å²) in [6.45, 7) is 8.12. The zero-order valence-corrected chi connectivity index (χ0v) is 19.3. The number of carbonyl (C=O) groups is 2. The van der Waals surface area contributed by atoms with Crippen LogP contribution in [0.3, 0.4) is 0 Å². The van der Waals surface area contributed by atoms with Crippen LogP contribution in [0.4, 0.5) is 0 Å². The van der Waals surface area contributed by atoms with Gasteiger partial charge in [0.15, 0.2) is 6.61 Å². The van der Waals surface area contributed by atoms with Crippen LogP contribution < -0.4 is 10.1 Å². The molecule has 162 valence electrons. The van der Waals surface area contributed by atoms with E-state index < -0.39 is 6.04 Å². The maximum Gasteiger partial charge on any atom is 0.261 e. The van der Waals surface area contributed by atoms with Crippen molar-refractivity contribution in [2.45, 2.75) is 46.7 Å². The van der Waals surface area contributed by atoms with Gasteiger partial charge in [0.1, 0.15) is 11.8 Å². The van der Waals surface area contributed by atoms with Crippen LogP contribution in [0.25, 0.3) is 0 Å². The van der Waals surface area contributed by atoms with Gasteiger partial charge in [-0.2, -0.15) is 0 Å². The van der Waals surface area contributed by atoms with Crippen LogP contribution in [0.1, 0.15) is 37.0 Å². The van der Waals surface area contributed by atoms with Crippen LogP contribution in [0.15, 0.2) is 36.4 Å². The molecule has 30 heavy (non-hydrogen) atoms. The first-order valence-corrected chi connectivity index (χ1v) is 10.7. The quantitative estimate of drug-likeness (QED) is 0.588. The second-order valence-electron chi connectivity index (χ2n) is 7.13. The lowest BCUT2D eigenvalue weighted by molar-refractivity contribution is -0.142. The van der Waals surface area contributed by atoms with Gasteiger partial charge in [0.25, 0.3) is 5.91 Å². The van der Waals surface area contributed by atoms with Gasteiger partial charge >= 0.3 is 0 Å². The smallest absolute Gasteiger partial charge is 0.261 e. The number of amides is 2. The molecule has 0 aliphatic carbocycles. The molecule has 0 aliphatic rings. The van der Waals surface area contributed by atoms with E-state index in [1.165, 1.54) is 0 Å². The summed E-state index contributed by atoms with van der Waals surface area (Å²) in [7, 11) is 0. The fourth-order valence-corrected chi connectivity index (χ4v) is 3.45. The van der Waals surface area contributed by atoms with E-state index in [9.17, 15) is 9.59 Å².